The van der Waals surface area contributed by atoms with Gasteiger partial charge in [-0.3, -0.25) is 4.79 Å². The van der Waals surface area contributed by atoms with Crippen LogP contribution in [0, 0.1) is 5.95 Å². The van der Waals surface area contributed by atoms with Crippen molar-refractivity contribution in [2.24, 2.45) is 5.73 Å². The predicted octanol–water partition coefficient (Wildman–Crippen LogP) is -0.0982. The Bertz CT molecular complexity index is 300. The van der Waals surface area contributed by atoms with Crippen molar-refractivity contribution in [2.45, 2.75) is 0 Å². The van der Waals surface area contributed by atoms with Crippen molar-refractivity contribution in [2.75, 3.05) is 5.73 Å². The van der Waals surface area contributed by atoms with Crippen LogP contribution in [0.5, 0.6) is 0 Å². The monoisotopic (exact) mass is 155 g/mol. The van der Waals surface area contributed by atoms with Crippen molar-refractivity contribution >= 4 is 11.6 Å². The van der Waals surface area contributed by atoms with E-state index in [1.165, 1.54) is 0 Å². The molecule has 0 atom stereocenters. The fraction of sp³-hybridized carbons (Fsp3) is 0. The summed E-state index contributed by atoms with van der Waals surface area (Å²) in [5.41, 5.74) is 9.96. The Hall–Kier alpha value is -1.65. The SMILES string of the molecule is NC(=O)c1cc(N)cnc1F. The summed E-state index contributed by atoms with van der Waals surface area (Å²) in [6.07, 6.45) is 1.11. The van der Waals surface area contributed by atoms with Crippen LogP contribution in [0.4, 0.5) is 10.1 Å². The largest absolute Gasteiger partial charge is 0.397 e. The van der Waals surface area contributed by atoms with Gasteiger partial charge < -0.3 is 11.5 Å². The number of nitrogen functional groups attached to an aromatic ring is 1. The van der Waals surface area contributed by atoms with Crippen LogP contribution in [0.2, 0.25) is 0 Å². The van der Waals surface area contributed by atoms with Gasteiger partial charge in [-0.25, -0.2) is 4.98 Å². The van der Waals surface area contributed by atoms with Crippen molar-refractivity contribution in [3.05, 3.63) is 23.8 Å². The minimum absolute atomic E-state index is 0.209. The lowest BCUT2D eigenvalue weighted by atomic mass is 10.2. The average molecular weight is 155 g/mol. The van der Waals surface area contributed by atoms with Crippen LogP contribution in [0.25, 0.3) is 0 Å². The minimum atomic E-state index is -0.897. The van der Waals surface area contributed by atoms with E-state index >= 15 is 0 Å². The molecule has 58 valence electrons. The number of pyridine rings is 1. The molecule has 0 spiro atoms. The minimum Gasteiger partial charge on any atom is -0.397 e. The number of hydrogen-bond acceptors (Lipinski definition) is 3. The molecule has 0 bridgehead atoms. The summed E-state index contributed by atoms with van der Waals surface area (Å²) < 4.78 is 12.6. The number of carbonyl (C=O) groups excluding carboxylic acids is 1. The van der Waals surface area contributed by atoms with Gasteiger partial charge in [0.15, 0.2) is 0 Å². The first-order chi connectivity index (χ1) is 5.11. The number of amides is 1. The van der Waals surface area contributed by atoms with Crippen molar-refractivity contribution in [1.82, 2.24) is 4.98 Å². The van der Waals surface area contributed by atoms with Gasteiger partial charge in [0.2, 0.25) is 5.95 Å². The van der Waals surface area contributed by atoms with Crippen molar-refractivity contribution in [1.29, 1.82) is 0 Å². The second kappa shape index (κ2) is 2.53. The smallest absolute Gasteiger partial charge is 0.253 e. The number of aromatic nitrogens is 1. The lowest BCUT2D eigenvalue weighted by molar-refractivity contribution is 0.0995. The molecule has 0 aliphatic rings. The quantitative estimate of drug-likeness (QED) is 0.555. The number of anilines is 1. The first-order valence-corrected chi connectivity index (χ1v) is 2.82. The third-order valence-corrected chi connectivity index (χ3v) is 1.13. The molecule has 1 rings (SSSR count). The molecule has 0 saturated heterocycles. The maximum Gasteiger partial charge on any atom is 0.253 e. The number of rotatable bonds is 1. The molecule has 11 heavy (non-hydrogen) atoms. The maximum absolute atomic E-state index is 12.6. The first kappa shape index (κ1) is 7.46. The van der Waals surface area contributed by atoms with Crippen LogP contribution in [0.3, 0.4) is 0 Å². The van der Waals surface area contributed by atoms with E-state index < -0.39 is 11.9 Å². The second-order valence-electron chi connectivity index (χ2n) is 1.97. The standard InChI is InChI=1S/C6H6FN3O/c7-5-4(6(9)11)1-3(8)2-10-5/h1-2H,8H2,(H2,9,11). The molecule has 0 radical (unpaired) electrons. The van der Waals surface area contributed by atoms with Gasteiger partial charge in [-0.05, 0) is 6.07 Å². The normalized spacial score (nSPS) is 9.55. The number of hydrogen-bond donors (Lipinski definition) is 2. The van der Waals surface area contributed by atoms with Gasteiger partial charge in [0, 0.05) is 0 Å². The maximum atomic E-state index is 12.6. The number of carbonyl (C=O) groups is 1. The fourth-order valence-electron chi connectivity index (χ4n) is 0.637. The zero-order valence-corrected chi connectivity index (χ0v) is 5.54. The molecule has 0 aliphatic heterocycles. The van der Waals surface area contributed by atoms with Crippen LogP contribution in [0.15, 0.2) is 12.3 Å². The van der Waals surface area contributed by atoms with E-state index in [0.717, 1.165) is 12.3 Å². The molecule has 1 aromatic rings. The fourth-order valence-corrected chi connectivity index (χ4v) is 0.637. The van der Waals surface area contributed by atoms with Crippen LogP contribution in [-0.4, -0.2) is 10.9 Å². The van der Waals surface area contributed by atoms with Gasteiger partial charge >= 0.3 is 0 Å². The van der Waals surface area contributed by atoms with Gasteiger partial charge in [-0.15, -0.1) is 0 Å². The number of nitrogens with zero attached hydrogens (tertiary/aromatic N) is 1. The molecule has 0 aromatic carbocycles. The summed E-state index contributed by atoms with van der Waals surface area (Å²) >= 11 is 0. The molecule has 0 fully saturated rings. The van der Waals surface area contributed by atoms with Crippen LogP contribution < -0.4 is 11.5 Å². The molecule has 0 aliphatic carbocycles. The highest BCUT2D eigenvalue weighted by molar-refractivity contribution is 5.93. The zero-order valence-electron chi connectivity index (χ0n) is 5.54. The van der Waals surface area contributed by atoms with Gasteiger partial charge in [0.05, 0.1) is 17.4 Å². The second-order valence-corrected chi connectivity index (χ2v) is 1.97. The number of nitrogens with two attached hydrogens (primary N) is 2. The molecule has 4 N–H and O–H groups in total. The van der Waals surface area contributed by atoms with Crippen molar-refractivity contribution < 1.29 is 9.18 Å². The Kier molecular flexibility index (Phi) is 1.72. The van der Waals surface area contributed by atoms with E-state index in [2.05, 4.69) is 4.98 Å². The summed E-state index contributed by atoms with van der Waals surface area (Å²) in [6.45, 7) is 0. The van der Waals surface area contributed by atoms with E-state index in [1.54, 1.807) is 0 Å². The number of halogens is 1. The Morgan fingerprint density at radius 3 is 2.73 bits per heavy atom. The predicted molar refractivity (Wildman–Crippen MR) is 37.1 cm³/mol. The topological polar surface area (TPSA) is 82.0 Å². The van der Waals surface area contributed by atoms with E-state index in [-0.39, 0.29) is 11.3 Å². The summed E-state index contributed by atoms with van der Waals surface area (Å²) in [5, 5.41) is 0. The Morgan fingerprint density at radius 2 is 2.27 bits per heavy atom. The van der Waals surface area contributed by atoms with Gasteiger partial charge in [0.25, 0.3) is 5.91 Å². The molecule has 1 amide bonds. The van der Waals surface area contributed by atoms with Crippen molar-refractivity contribution in [3.63, 3.8) is 0 Å². The van der Waals surface area contributed by atoms with E-state index in [0.29, 0.717) is 0 Å². The highest BCUT2D eigenvalue weighted by Gasteiger charge is 2.08. The summed E-state index contributed by atoms with van der Waals surface area (Å²) in [4.78, 5) is 13.7. The summed E-state index contributed by atoms with van der Waals surface area (Å²) in [6, 6.07) is 1.14. The molecule has 0 saturated carbocycles. The van der Waals surface area contributed by atoms with Crippen LogP contribution in [0.1, 0.15) is 10.4 Å². The average Bonchev–Trinajstić information content (AvgIpc) is 1.94. The Labute approximate surface area is 62.0 Å². The molecule has 1 aromatic heterocycles. The lowest BCUT2D eigenvalue weighted by Gasteiger charge is -1.97. The molecular formula is C6H6FN3O. The van der Waals surface area contributed by atoms with E-state index in [4.69, 9.17) is 11.5 Å². The molecule has 1 heterocycles. The Morgan fingerprint density at radius 1 is 1.64 bits per heavy atom. The van der Waals surface area contributed by atoms with Crippen LogP contribution in [-0.2, 0) is 0 Å². The van der Waals surface area contributed by atoms with Gasteiger partial charge in [-0.2, -0.15) is 4.39 Å². The van der Waals surface area contributed by atoms with Gasteiger partial charge in [-0.1, -0.05) is 0 Å². The summed E-state index contributed by atoms with van der Waals surface area (Å²) in [5.74, 6) is -1.77. The molecular weight excluding hydrogens is 149 g/mol. The van der Waals surface area contributed by atoms with E-state index in [9.17, 15) is 9.18 Å². The van der Waals surface area contributed by atoms with E-state index in [1.807, 2.05) is 0 Å². The highest BCUT2D eigenvalue weighted by Crippen LogP contribution is 2.07. The summed E-state index contributed by atoms with van der Waals surface area (Å²) in [7, 11) is 0. The first-order valence-electron chi connectivity index (χ1n) is 2.82. The van der Waals surface area contributed by atoms with Gasteiger partial charge in [0.1, 0.15) is 0 Å². The van der Waals surface area contributed by atoms with Crippen LogP contribution >= 0.6 is 0 Å². The highest BCUT2D eigenvalue weighted by atomic mass is 19.1. The molecule has 4 nitrogen and oxygen atoms in total. The number of primary amides is 1. The zero-order chi connectivity index (χ0) is 8.43. The third-order valence-electron chi connectivity index (χ3n) is 1.13. The van der Waals surface area contributed by atoms with Crippen molar-refractivity contribution in [3.8, 4) is 0 Å². The Balaban J connectivity index is 3.23. The third kappa shape index (κ3) is 1.43. The lowest BCUT2D eigenvalue weighted by Crippen LogP contribution is -2.14. The molecule has 0 unspecified atom stereocenters. The molecule has 5 heteroatoms.